The van der Waals surface area contributed by atoms with Crippen LogP contribution >= 0.6 is 11.6 Å². The summed E-state index contributed by atoms with van der Waals surface area (Å²) in [6.45, 7) is 0.166. The minimum atomic E-state index is -1.01. The lowest BCUT2D eigenvalue weighted by molar-refractivity contribution is -0.136. The molecule has 2 aromatic rings. The van der Waals surface area contributed by atoms with Gasteiger partial charge in [-0.2, -0.15) is 0 Å². The van der Waals surface area contributed by atoms with E-state index in [1.165, 1.54) is 4.68 Å². The number of nitrogens with zero attached hydrogens (tertiary/aromatic N) is 3. The van der Waals surface area contributed by atoms with Crippen molar-refractivity contribution in [1.82, 2.24) is 15.0 Å². The summed E-state index contributed by atoms with van der Waals surface area (Å²) in [5, 5.41) is 16.5. The van der Waals surface area contributed by atoms with Gasteiger partial charge >= 0.3 is 5.97 Å². The second-order valence-electron chi connectivity index (χ2n) is 3.85. The fraction of sp³-hybridized carbons (Fsp3) is 0.182. The van der Waals surface area contributed by atoms with Crippen LogP contribution in [0.3, 0.4) is 0 Å². The Labute approximate surface area is 112 Å². The van der Waals surface area contributed by atoms with E-state index >= 15 is 0 Å². The number of hydrogen-bond donors (Lipinski definition) is 1. The SMILES string of the molecule is O=C(O)Cc1c(Cl)nnn1-c1ccc2c(c1)OCO2. The summed E-state index contributed by atoms with van der Waals surface area (Å²) in [4.78, 5) is 10.8. The largest absolute Gasteiger partial charge is 0.481 e. The van der Waals surface area contributed by atoms with Crippen molar-refractivity contribution in [2.75, 3.05) is 6.79 Å². The van der Waals surface area contributed by atoms with Crippen molar-refractivity contribution in [3.8, 4) is 17.2 Å². The van der Waals surface area contributed by atoms with E-state index in [1.807, 2.05) is 0 Å². The molecular formula is C11H8ClN3O4. The molecule has 19 heavy (non-hydrogen) atoms. The third kappa shape index (κ3) is 2.08. The molecule has 0 fully saturated rings. The highest BCUT2D eigenvalue weighted by Gasteiger charge is 2.19. The molecule has 98 valence electrons. The van der Waals surface area contributed by atoms with E-state index in [2.05, 4.69) is 10.3 Å². The van der Waals surface area contributed by atoms with Gasteiger partial charge in [-0.1, -0.05) is 16.8 Å². The zero-order valence-electron chi connectivity index (χ0n) is 9.54. The van der Waals surface area contributed by atoms with Crippen molar-refractivity contribution < 1.29 is 19.4 Å². The quantitative estimate of drug-likeness (QED) is 0.912. The summed E-state index contributed by atoms with van der Waals surface area (Å²) in [6.07, 6.45) is -0.264. The number of carboxylic acid groups (broad SMARTS) is 1. The normalized spacial score (nSPS) is 12.7. The van der Waals surface area contributed by atoms with Gasteiger partial charge in [0.1, 0.15) is 0 Å². The van der Waals surface area contributed by atoms with Crippen molar-refractivity contribution in [3.63, 3.8) is 0 Å². The van der Waals surface area contributed by atoms with Crippen molar-refractivity contribution in [1.29, 1.82) is 0 Å². The molecule has 0 saturated heterocycles. The lowest BCUT2D eigenvalue weighted by atomic mass is 10.2. The van der Waals surface area contributed by atoms with E-state index in [-0.39, 0.29) is 18.4 Å². The zero-order chi connectivity index (χ0) is 13.4. The van der Waals surface area contributed by atoms with Crippen LogP contribution in [0.2, 0.25) is 5.15 Å². The molecule has 0 spiro atoms. The number of aliphatic carboxylic acids is 1. The number of halogens is 1. The Hall–Kier alpha value is -2.28. The Kier molecular flexibility index (Phi) is 2.75. The molecule has 0 amide bonds. The summed E-state index contributed by atoms with van der Waals surface area (Å²) in [5.74, 6) is 0.200. The summed E-state index contributed by atoms with van der Waals surface area (Å²) in [6, 6.07) is 5.14. The molecule has 0 atom stereocenters. The monoisotopic (exact) mass is 281 g/mol. The molecule has 1 aliphatic heterocycles. The number of carbonyl (C=O) groups is 1. The fourth-order valence-corrected chi connectivity index (χ4v) is 1.98. The maximum absolute atomic E-state index is 10.8. The van der Waals surface area contributed by atoms with E-state index in [0.717, 1.165) is 0 Å². The molecule has 3 rings (SSSR count). The highest BCUT2D eigenvalue weighted by Crippen LogP contribution is 2.34. The number of ether oxygens (including phenoxy) is 2. The summed E-state index contributed by atoms with van der Waals surface area (Å²) in [5.41, 5.74) is 0.924. The number of hydrogen-bond acceptors (Lipinski definition) is 5. The Morgan fingerprint density at radius 2 is 2.21 bits per heavy atom. The lowest BCUT2D eigenvalue weighted by Crippen LogP contribution is -2.08. The summed E-state index contributed by atoms with van der Waals surface area (Å²) >= 11 is 5.84. The molecule has 1 aromatic heterocycles. The van der Waals surface area contributed by atoms with Crippen LogP contribution in [0.5, 0.6) is 11.5 Å². The van der Waals surface area contributed by atoms with Crippen LogP contribution in [0.15, 0.2) is 18.2 Å². The van der Waals surface area contributed by atoms with Crippen LogP contribution < -0.4 is 9.47 Å². The Morgan fingerprint density at radius 1 is 1.42 bits per heavy atom. The second-order valence-corrected chi connectivity index (χ2v) is 4.20. The van der Waals surface area contributed by atoms with Gasteiger partial charge in [0.25, 0.3) is 0 Å². The maximum atomic E-state index is 10.8. The molecule has 1 N–H and O–H groups in total. The van der Waals surface area contributed by atoms with Gasteiger partial charge < -0.3 is 14.6 Å². The van der Waals surface area contributed by atoms with E-state index in [1.54, 1.807) is 18.2 Å². The first-order valence-corrected chi connectivity index (χ1v) is 5.75. The number of fused-ring (bicyclic) bond motifs is 1. The minimum absolute atomic E-state index is 0.0695. The van der Waals surface area contributed by atoms with Crippen LogP contribution in [-0.2, 0) is 11.2 Å². The fourth-order valence-electron chi connectivity index (χ4n) is 1.80. The highest BCUT2D eigenvalue weighted by atomic mass is 35.5. The van der Waals surface area contributed by atoms with Crippen molar-refractivity contribution in [2.45, 2.75) is 6.42 Å². The number of carboxylic acids is 1. The maximum Gasteiger partial charge on any atom is 0.309 e. The van der Waals surface area contributed by atoms with Crippen molar-refractivity contribution >= 4 is 17.6 Å². The van der Waals surface area contributed by atoms with Gasteiger partial charge in [-0.05, 0) is 12.1 Å². The molecule has 1 aliphatic rings. The van der Waals surface area contributed by atoms with Gasteiger partial charge in [-0.15, -0.1) is 5.10 Å². The Balaban J connectivity index is 2.04. The van der Waals surface area contributed by atoms with Crippen LogP contribution in [-0.4, -0.2) is 32.9 Å². The molecule has 0 saturated carbocycles. The molecule has 1 aromatic carbocycles. The third-order valence-corrected chi connectivity index (χ3v) is 2.93. The predicted molar refractivity (Wildman–Crippen MR) is 63.8 cm³/mol. The first kappa shape index (κ1) is 11.8. The Bertz CT molecular complexity index is 655. The summed E-state index contributed by atoms with van der Waals surface area (Å²) in [7, 11) is 0. The molecule has 7 nitrogen and oxygen atoms in total. The van der Waals surface area contributed by atoms with Crippen LogP contribution in [0.1, 0.15) is 5.69 Å². The third-order valence-electron chi connectivity index (χ3n) is 2.64. The second kappa shape index (κ2) is 4.43. The van der Waals surface area contributed by atoms with E-state index < -0.39 is 5.97 Å². The molecule has 2 heterocycles. The smallest absolute Gasteiger partial charge is 0.309 e. The van der Waals surface area contributed by atoms with Gasteiger partial charge in [0.15, 0.2) is 16.7 Å². The minimum Gasteiger partial charge on any atom is -0.481 e. The highest BCUT2D eigenvalue weighted by molar-refractivity contribution is 6.30. The predicted octanol–water partition coefficient (Wildman–Crippen LogP) is 1.28. The van der Waals surface area contributed by atoms with Gasteiger partial charge in [0.2, 0.25) is 6.79 Å². The van der Waals surface area contributed by atoms with Crippen LogP contribution in [0.25, 0.3) is 5.69 Å². The number of rotatable bonds is 3. The van der Waals surface area contributed by atoms with Gasteiger partial charge in [-0.25, -0.2) is 4.68 Å². The Morgan fingerprint density at radius 3 is 3.00 bits per heavy atom. The average Bonchev–Trinajstić information content (AvgIpc) is 2.96. The van der Waals surface area contributed by atoms with Crippen LogP contribution in [0.4, 0.5) is 0 Å². The summed E-state index contributed by atoms with van der Waals surface area (Å²) < 4.78 is 11.8. The van der Waals surface area contributed by atoms with E-state index in [9.17, 15) is 4.79 Å². The van der Waals surface area contributed by atoms with Gasteiger partial charge in [0.05, 0.1) is 17.8 Å². The van der Waals surface area contributed by atoms with Gasteiger partial charge in [-0.3, -0.25) is 4.79 Å². The standard InChI is InChI=1S/C11H8ClN3O4/c12-11-7(4-10(16)17)15(14-13-11)6-1-2-8-9(3-6)19-5-18-8/h1-3H,4-5H2,(H,16,17). The topological polar surface area (TPSA) is 86.5 Å². The van der Waals surface area contributed by atoms with E-state index in [4.69, 9.17) is 26.2 Å². The molecule has 0 radical (unpaired) electrons. The molecule has 8 heteroatoms. The van der Waals surface area contributed by atoms with Crippen molar-refractivity contribution in [3.05, 3.63) is 29.0 Å². The number of aromatic nitrogens is 3. The average molecular weight is 282 g/mol. The lowest BCUT2D eigenvalue weighted by Gasteiger charge is -2.05. The van der Waals surface area contributed by atoms with Crippen molar-refractivity contribution in [2.24, 2.45) is 0 Å². The van der Waals surface area contributed by atoms with Gasteiger partial charge in [0, 0.05) is 6.07 Å². The molecular weight excluding hydrogens is 274 g/mol. The van der Waals surface area contributed by atoms with E-state index in [0.29, 0.717) is 22.9 Å². The molecule has 0 bridgehead atoms. The first-order chi connectivity index (χ1) is 9.15. The van der Waals surface area contributed by atoms with Crippen LogP contribution in [0, 0.1) is 0 Å². The molecule has 0 aliphatic carbocycles. The zero-order valence-corrected chi connectivity index (χ0v) is 10.3. The number of benzene rings is 1. The molecule has 0 unspecified atom stereocenters. The first-order valence-electron chi connectivity index (χ1n) is 5.37.